The zero-order chi connectivity index (χ0) is 16.3. The van der Waals surface area contributed by atoms with Gasteiger partial charge in [0, 0.05) is 0 Å². The Morgan fingerprint density at radius 3 is 2.50 bits per heavy atom. The van der Waals surface area contributed by atoms with Crippen molar-refractivity contribution in [1.82, 2.24) is 0 Å². The van der Waals surface area contributed by atoms with E-state index in [-0.39, 0.29) is 18.1 Å². The van der Waals surface area contributed by atoms with Crippen LogP contribution in [0.15, 0.2) is 22.7 Å². The maximum Gasteiger partial charge on any atom is 0.348 e. The van der Waals surface area contributed by atoms with Gasteiger partial charge in [-0.15, -0.1) is 11.3 Å². The van der Waals surface area contributed by atoms with Crippen LogP contribution in [0, 0.1) is 11.3 Å². The SMILES string of the molecule is CCOP(OCC)C(F)(F)c1cc2ccc(C#N)c(Br)c2s1. The van der Waals surface area contributed by atoms with Gasteiger partial charge >= 0.3 is 5.66 Å². The monoisotopic (exact) mass is 407 g/mol. The van der Waals surface area contributed by atoms with Crippen molar-refractivity contribution in [2.45, 2.75) is 19.5 Å². The highest BCUT2D eigenvalue weighted by molar-refractivity contribution is 9.10. The van der Waals surface area contributed by atoms with E-state index in [0.29, 0.717) is 20.1 Å². The van der Waals surface area contributed by atoms with Crippen molar-refractivity contribution in [2.75, 3.05) is 13.2 Å². The lowest BCUT2D eigenvalue weighted by Crippen LogP contribution is -2.13. The lowest BCUT2D eigenvalue weighted by atomic mass is 10.2. The van der Waals surface area contributed by atoms with Gasteiger partial charge in [-0.2, -0.15) is 14.0 Å². The van der Waals surface area contributed by atoms with Crippen molar-refractivity contribution in [1.29, 1.82) is 5.26 Å². The van der Waals surface area contributed by atoms with Gasteiger partial charge in [0.05, 0.1) is 32.8 Å². The summed E-state index contributed by atoms with van der Waals surface area (Å²) in [7, 11) is -2.34. The van der Waals surface area contributed by atoms with Gasteiger partial charge in [-0.3, -0.25) is 0 Å². The first-order chi connectivity index (χ1) is 10.5. The number of halogens is 3. The van der Waals surface area contributed by atoms with E-state index in [1.54, 1.807) is 26.0 Å². The molecular weight excluding hydrogens is 395 g/mol. The molecule has 0 aliphatic carbocycles. The molecule has 0 fully saturated rings. The molecule has 0 saturated carbocycles. The number of rotatable bonds is 6. The van der Waals surface area contributed by atoms with E-state index in [1.807, 2.05) is 6.07 Å². The Balaban J connectivity index is 2.49. The predicted molar refractivity (Wildman–Crippen MR) is 88.3 cm³/mol. The second-order valence-electron chi connectivity index (χ2n) is 4.20. The number of fused-ring (bicyclic) bond motifs is 1. The summed E-state index contributed by atoms with van der Waals surface area (Å²) in [6, 6.07) is 6.73. The summed E-state index contributed by atoms with van der Waals surface area (Å²) in [6.07, 6.45) is 0. The van der Waals surface area contributed by atoms with E-state index in [0.717, 1.165) is 11.3 Å². The zero-order valence-corrected chi connectivity index (χ0v) is 15.2. The number of thiophene rings is 1. The molecule has 0 aliphatic rings. The summed E-state index contributed by atoms with van der Waals surface area (Å²) in [5.41, 5.74) is -2.78. The Morgan fingerprint density at radius 2 is 1.95 bits per heavy atom. The first kappa shape index (κ1) is 17.7. The number of alkyl halides is 2. The number of nitrogens with zero attached hydrogens (tertiary/aromatic N) is 1. The highest BCUT2D eigenvalue weighted by atomic mass is 79.9. The van der Waals surface area contributed by atoms with Crippen LogP contribution in [0.2, 0.25) is 0 Å². The molecule has 3 nitrogen and oxygen atoms in total. The molecular formula is C14H13BrF2NO2PS. The lowest BCUT2D eigenvalue weighted by Gasteiger charge is -2.23. The molecule has 1 heterocycles. The van der Waals surface area contributed by atoms with Crippen LogP contribution in [0.4, 0.5) is 8.78 Å². The molecule has 0 N–H and O–H groups in total. The van der Waals surface area contributed by atoms with Crippen molar-refractivity contribution in [3.8, 4) is 6.07 Å². The number of hydrogen-bond acceptors (Lipinski definition) is 4. The van der Waals surface area contributed by atoms with E-state index >= 15 is 0 Å². The molecule has 8 heteroatoms. The third kappa shape index (κ3) is 3.32. The normalized spacial score (nSPS) is 12.0. The van der Waals surface area contributed by atoms with Crippen LogP contribution < -0.4 is 0 Å². The van der Waals surface area contributed by atoms with E-state index in [2.05, 4.69) is 15.9 Å². The molecule has 118 valence electrons. The number of hydrogen-bond donors (Lipinski definition) is 0. The van der Waals surface area contributed by atoms with Gasteiger partial charge in [0.2, 0.25) is 0 Å². The Labute approximate surface area is 140 Å². The minimum atomic E-state index is -3.20. The average molecular weight is 408 g/mol. The Hall–Kier alpha value is -0.640. The molecule has 1 aromatic carbocycles. The van der Waals surface area contributed by atoms with Gasteiger partial charge in [0.25, 0.3) is 8.38 Å². The molecule has 2 aromatic rings. The summed E-state index contributed by atoms with van der Waals surface area (Å²) in [5, 5.41) is 9.67. The Bertz CT molecular complexity index is 711. The molecule has 0 spiro atoms. The van der Waals surface area contributed by atoms with Crippen LogP contribution in [0.5, 0.6) is 0 Å². The van der Waals surface area contributed by atoms with Crippen LogP contribution >= 0.6 is 35.6 Å². The quantitative estimate of drug-likeness (QED) is 0.553. The van der Waals surface area contributed by atoms with Gasteiger partial charge < -0.3 is 9.05 Å². The first-order valence-corrected chi connectivity index (χ1v) is 9.30. The van der Waals surface area contributed by atoms with Crippen LogP contribution in [0.25, 0.3) is 10.1 Å². The van der Waals surface area contributed by atoms with Crippen molar-refractivity contribution >= 4 is 45.7 Å². The van der Waals surface area contributed by atoms with E-state index in [9.17, 15) is 8.78 Å². The maximum absolute atomic E-state index is 14.7. The summed E-state index contributed by atoms with van der Waals surface area (Å²) in [4.78, 5) is -0.119. The molecule has 2 rings (SSSR count). The van der Waals surface area contributed by atoms with E-state index in [4.69, 9.17) is 14.3 Å². The summed E-state index contributed by atoms with van der Waals surface area (Å²) < 4.78 is 40.7. The molecule has 0 amide bonds. The summed E-state index contributed by atoms with van der Waals surface area (Å²) >= 11 is 4.26. The molecule has 0 aliphatic heterocycles. The molecule has 0 radical (unpaired) electrons. The van der Waals surface area contributed by atoms with Crippen molar-refractivity contribution in [3.63, 3.8) is 0 Å². The first-order valence-electron chi connectivity index (χ1n) is 6.52. The Morgan fingerprint density at radius 1 is 1.32 bits per heavy atom. The fourth-order valence-electron chi connectivity index (χ4n) is 1.83. The van der Waals surface area contributed by atoms with Gasteiger partial charge in [0.1, 0.15) is 6.07 Å². The highest BCUT2D eigenvalue weighted by Crippen LogP contribution is 2.61. The van der Waals surface area contributed by atoms with Gasteiger partial charge in [-0.25, -0.2) is 0 Å². The minimum absolute atomic E-state index is 0.119. The van der Waals surface area contributed by atoms with Crippen LogP contribution in [-0.4, -0.2) is 13.2 Å². The maximum atomic E-state index is 14.7. The standard InChI is InChI=1S/C14H13BrF2NO2PS/c1-3-19-21(20-4-2)14(16,17)11-7-9-5-6-10(8-18)12(15)13(9)22-11/h5-7H,3-4H2,1-2H3. The van der Waals surface area contributed by atoms with Crippen molar-refractivity contribution in [3.05, 3.63) is 33.1 Å². The van der Waals surface area contributed by atoms with E-state index in [1.165, 1.54) is 6.07 Å². The second kappa shape index (κ2) is 7.29. The predicted octanol–water partition coefficient (Wildman–Crippen LogP) is 5.97. The van der Waals surface area contributed by atoms with E-state index < -0.39 is 14.0 Å². The zero-order valence-electron chi connectivity index (χ0n) is 11.9. The third-order valence-corrected chi connectivity index (χ3v) is 6.93. The van der Waals surface area contributed by atoms with Crippen LogP contribution in [-0.2, 0) is 14.7 Å². The molecule has 0 unspecified atom stereocenters. The van der Waals surface area contributed by atoms with Crippen LogP contribution in [0.3, 0.4) is 0 Å². The highest BCUT2D eigenvalue weighted by Gasteiger charge is 2.46. The second-order valence-corrected chi connectivity index (χ2v) is 7.64. The number of benzene rings is 1. The fourth-order valence-corrected chi connectivity index (χ4v) is 4.97. The molecule has 22 heavy (non-hydrogen) atoms. The summed E-state index contributed by atoms with van der Waals surface area (Å²) in [6.45, 7) is 3.64. The average Bonchev–Trinajstić information content (AvgIpc) is 2.93. The topological polar surface area (TPSA) is 42.2 Å². The lowest BCUT2D eigenvalue weighted by molar-refractivity contribution is 0.0606. The Kier molecular flexibility index (Phi) is 5.87. The largest absolute Gasteiger partial charge is 0.348 e. The fraction of sp³-hybridized carbons (Fsp3) is 0.357. The molecule has 0 bridgehead atoms. The van der Waals surface area contributed by atoms with Crippen molar-refractivity contribution < 1.29 is 17.8 Å². The molecule has 0 atom stereocenters. The van der Waals surface area contributed by atoms with Crippen LogP contribution in [0.1, 0.15) is 24.3 Å². The molecule has 1 aromatic heterocycles. The minimum Gasteiger partial charge on any atom is -0.330 e. The third-order valence-electron chi connectivity index (χ3n) is 2.77. The van der Waals surface area contributed by atoms with Crippen molar-refractivity contribution in [2.24, 2.45) is 0 Å². The van der Waals surface area contributed by atoms with Gasteiger partial charge in [-0.05, 0) is 47.3 Å². The number of nitriles is 1. The van der Waals surface area contributed by atoms with Gasteiger partial charge in [-0.1, -0.05) is 6.07 Å². The van der Waals surface area contributed by atoms with Gasteiger partial charge in [0.15, 0.2) is 0 Å². The molecule has 0 saturated heterocycles. The smallest absolute Gasteiger partial charge is 0.330 e. The summed E-state index contributed by atoms with van der Waals surface area (Å²) in [5.74, 6) is 0.